The molecule has 3 nitrogen and oxygen atoms in total. The zero-order chi connectivity index (χ0) is 7.64. The largest absolute Gasteiger partial charge is 0.373 e. The third kappa shape index (κ3) is 0.482. The highest BCUT2D eigenvalue weighted by atomic mass is 16.7. The standard InChI is InChI=1S/C8H7NO2/c1-4-8(11-4)3-5(9-2)6-7(8)10-6/h3-4,6-7H,1H3/t4-,6-,7-,8-/m1/s1. The number of nitrogens with zero attached hydrogens (tertiary/aromatic N) is 1. The van der Waals surface area contributed by atoms with Gasteiger partial charge in [-0.05, 0) is 13.0 Å². The van der Waals surface area contributed by atoms with E-state index in [0.29, 0.717) is 0 Å². The van der Waals surface area contributed by atoms with Gasteiger partial charge in [0.05, 0.1) is 12.7 Å². The predicted octanol–water partition coefficient (Wildman–Crippen LogP) is 0.728. The average Bonchev–Trinajstić information content (AvgIpc) is 2.82. The lowest BCUT2D eigenvalue weighted by Gasteiger charge is -1.96. The van der Waals surface area contributed by atoms with Crippen LogP contribution in [0.4, 0.5) is 0 Å². The van der Waals surface area contributed by atoms with E-state index < -0.39 is 0 Å². The summed E-state index contributed by atoms with van der Waals surface area (Å²) in [4.78, 5) is 3.39. The molecule has 11 heavy (non-hydrogen) atoms. The van der Waals surface area contributed by atoms with Crippen LogP contribution >= 0.6 is 0 Å². The molecule has 0 saturated carbocycles. The summed E-state index contributed by atoms with van der Waals surface area (Å²) in [5.41, 5.74) is 0.546. The molecule has 0 aromatic heterocycles. The molecule has 0 radical (unpaired) electrons. The van der Waals surface area contributed by atoms with E-state index in [2.05, 4.69) is 4.85 Å². The molecule has 3 heteroatoms. The first kappa shape index (κ1) is 5.76. The Morgan fingerprint density at radius 2 is 2.45 bits per heavy atom. The second kappa shape index (κ2) is 1.36. The van der Waals surface area contributed by atoms with Crippen molar-refractivity contribution in [3.63, 3.8) is 0 Å². The number of rotatable bonds is 0. The predicted molar refractivity (Wildman–Crippen MR) is 36.6 cm³/mol. The molecule has 2 fully saturated rings. The summed E-state index contributed by atoms with van der Waals surface area (Å²) < 4.78 is 10.7. The minimum Gasteiger partial charge on any atom is -0.373 e. The molecule has 0 aromatic carbocycles. The summed E-state index contributed by atoms with van der Waals surface area (Å²) in [6.45, 7) is 8.86. The van der Waals surface area contributed by atoms with Gasteiger partial charge >= 0.3 is 0 Å². The van der Waals surface area contributed by atoms with Gasteiger partial charge < -0.3 is 9.47 Å². The van der Waals surface area contributed by atoms with Gasteiger partial charge in [-0.25, -0.2) is 4.85 Å². The maximum atomic E-state index is 6.85. The van der Waals surface area contributed by atoms with Crippen LogP contribution in [0.15, 0.2) is 11.8 Å². The molecule has 0 aromatic rings. The summed E-state index contributed by atoms with van der Waals surface area (Å²) in [6, 6.07) is 0. The maximum absolute atomic E-state index is 6.85. The minimum absolute atomic E-state index is 0.0671. The number of hydrogen-bond acceptors (Lipinski definition) is 2. The van der Waals surface area contributed by atoms with Crippen LogP contribution in [0.1, 0.15) is 6.92 Å². The molecule has 1 spiro atoms. The van der Waals surface area contributed by atoms with Crippen LogP contribution < -0.4 is 0 Å². The summed E-state index contributed by atoms with van der Waals surface area (Å²) in [7, 11) is 0. The zero-order valence-corrected chi connectivity index (χ0v) is 6.07. The van der Waals surface area contributed by atoms with Crippen molar-refractivity contribution in [1.29, 1.82) is 0 Å². The molecule has 3 rings (SSSR count). The number of ether oxygens (including phenoxy) is 2. The fourth-order valence-electron chi connectivity index (χ4n) is 1.89. The lowest BCUT2D eigenvalue weighted by atomic mass is 10.1. The van der Waals surface area contributed by atoms with Crippen molar-refractivity contribution in [2.24, 2.45) is 0 Å². The fraction of sp³-hybridized carbons (Fsp3) is 0.625. The molecule has 3 aliphatic rings. The van der Waals surface area contributed by atoms with Crippen molar-refractivity contribution < 1.29 is 9.47 Å². The van der Waals surface area contributed by atoms with Crippen LogP contribution in [0.2, 0.25) is 0 Å². The van der Waals surface area contributed by atoms with E-state index in [-0.39, 0.29) is 23.9 Å². The maximum Gasteiger partial charge on any atom is 0.195 e. The van der Waals surface area contributed by atoms with Crippen LogP contribution in [0.3, 0.4) is 0 Å². The third-order valence-electron chi connectivity index (χ3n) is 2.69. The Balaban J connectivity index is 2.03. The van der Waals surface area contributed by atoms with Crippen LogP contribution in [-0.4, -0.2) is 23.9 Å². The van der Waals surface area contributed by atoms with Gasteiger partial charge in [-0.3, -0.25) is 0 Å². The topological polar surface area (TPSA) is 29.4 Å². The first-order valence-electron chi connectivity index (χ1n) is 3.71. The molecule has 2 aliphatic heterocycles. The number of epoxide rings is 2. The minimum atomic E-state index is -0.190. The van der Waals surface area contributed by atoms with Gasteiger partial charge in [-0.2, -0.15) is 0 Å². The highest BCUT2D eigenvalue weighted by Crippen LogP contribution is 2.57. The monoisotopic (exact) mass is 149 g/mol. The molecular formula is C8H7NO2. The normalized spacial score (nSPS) is 56.7. The molecule has 0 N–H and O–H groups in total. The Labute approximate surface area is 64.4 Å². The fourth-order valence-corrected chi connectivity index (χ4v) is 1.89. The average molecular weight is 149 g/mol. The molecule has 0 amide bonds. The molecular weight excluding hydrogens is 142 g/mol. The summed E-state index contributed by atoms with van der Waals surface area (Å²) in [6.07, 6.45) is 2.42. The molecule has 0 unspecified atom stereocenters. The van der Waals surface area contributed by atoms with E-state index in [0.717, 1.165) is 5.70 Å². The Morgan fingerprint density at radius 3 is 2.82 bits per heavy atom. The SMILES string of the molecule is [C-]#[N+]C1=C[C@]2(O[C@@H]2C)[C@@H]2O[C@H]12. The quantitative estimate of drug-likeness (QED) is 0.375. The van der Waals surface area contributed by atoms with E-state index in [9.17, 15) is 0 Å². The lowest BCUT2D eigenvalue weighted by Crippen LogP contribution is -2.16. The Morgan fingerprint density at radius 1 is 1.73 bits per heavy atom. The van der Waals surface area contributed by atoms with Gasteiger partial charge in [0.2, 0.25) is 0 Å². The van der Waals surface area contributed by atoms with Crippen molar-refractivity contribution >= 4 is 0 Å². The first-order valence-corrected chi connectivity index (χ1v) is 3.71. The number of hydrogen-bond donors (Lipinski definition) is 0. The van der Waals surface area contributed by atoms with Gasteiger partial charge in [0, 0.05) is 0 Å². The van der Waals surface area contributed by atoms with Gasteiger partial charge in [-0.1, -0.05) is 0 Å². The van der Waals surface area contributed by atoms with E-state index >= 15 is 0 Å². The second-order valence-corrected chi connectivity index (χ2v) is 3.27. The second-order valence-electron chi connectivity index (χ2n) is 3.27. The summed E-state index contributed by atoms with van der Waals surface area (Å²) >= 11 is 0. The molecule has 2 saturated heterocycles. The molecule has 56 valence electrons. The van der Waals surface area contributed by atoms with Crippen molar-refractivity contribution in [3.05, 3.63) is 23.2 Å². The molecule has 2 heterocycles. The third-order valence-corrected chi connectivity index (χ3v) is 2.69. The highest BCUT2D eigenvalue weighted by Gasteiger charge is 2.72. The number of fused-ring (bicyclic) bond motifs is 2. The molecule has 4 atom stereocenters. The van der Waals surface area contributed by atoms with Gasteiger partial charge in [0.1, 0.15) is 17.8 Å². The smallest absolute Gasteiger partial charge is 0.195 e. The van der Waals surface area contributed by atoms with Crippen molar-refractivity contribution in [3.8, 4) is 0 Å². The zero-order valence-electron chi connectivity index (χ0n) is 6.07. The van der Waals surface area contributed by atoms with Crippen molar-refractivity contribution in [2.75, 3.05) is 0 Å². The molecule has 0 bridgehead atoms. The van der Waals surface area contributed by atoms with E-state index in [1.54, 1.807) is 0 Å². The summed E-state index contributed by atoms with van der Waals surface area (Å²) in [5.74, 6) is 0. The van der Waals surface area contributed by atoms with Gasteiger partial charge in [0.15, 0.2) is 5.70 Å². The van der Waals surface area contributed by atoms with Gasteiger partial charge in [0.25, 0.3) is 0 Å². The van der Waals surface area contributed by atoms with Crippen molar-refractivity contribution in [1.82, 2.24) is 0 Å². The first-order chi connectivity index (χ1) is 5.28. The summed E-state index contributed by atoms with van der Waals surface area (Å²) in [5, 5.41) is 0. The van der Waals surface area contributed by atoms with Crippen molar-refractivity contribution in [2.45, 2.75) is 30.8 Å². The molecule has 1 aliphatic carbocycles. The van der Waals surface area contributed by atoms with Gasteiger partial charge in [-0.15, -0.1) is 0 Å². The Bertz CT molecular complexity index is 304. The Kier molecular flexibility index (Phi) is 0.711. The van der Waals surface area contributed by atoms with Crippen LogP contribution in [0.25, 0.3) is 4.85 Å². The highest BCUT2D eigenvalue weighted by molar-refractivity contribution is 5.43. The van der Waals surface area contributed by atoms with Crippen LogP contribution in [0.5, 0.6) is 0 Å². The van der Waals surface area contributed by atoms with Crippen LogP contribution in [-0.2, 0) is 9.47 Å². The van der Waals surface area contributed by atoms with Crippen LogP contribution in [0, 0.1) is 6.57 Å². The van der Waals surface area contributed by atoms with E-state index in [1.165, 1.54) is 0 Å². The van der Waals surface area contributed by atoms with E-state index in [4.69, 9.17) is 16.0 Å². The Hall–Kier alpha value is -0.850. The lowest BCUT2D eigenvalue weighted by molar-refractivity contribution is 0.263. The van der Waals surface area contributed by atoms with E-state index in [1.807, 2.05) is 13.0 Å².